The fourth-order valence-corrected chi connectivity index (χ4v) is 3.60. The summed E-state index contributed by atoms with van der Waals surface area (Å²) in [6, 6.07) is 6.31. The first-order valence-corrected chi connectivity index (χ1v) is 12.1. The number of benzene rings is 1. The molecule has 0 unspecified atom stereocenters. The molecule has 2 amide bonds. The SMILES string of the molecule is CCCCCCCCCCCCCCCCCCNC(=O)Nc1ccc(O)cc1. The van der Waals surface area contributed by atoms with Crippen molar-refractivity contribution in [2.75, 3.05) is 11.9 Å². The predicted molar refractivity (Wildman–Crippen MR) is 125 cm³/mol. The average molecular weight is 405 g/mol. The van der Waals surface area contributed by atoms with Crippen LogP contribution in [0.4, 0.5) is 10.5 Å². The van der Waals surface area contributed by atoms with Gasteiger partial charge in [-0.15, -0.1) is 0 Å². The lowest BCUT2D eigenvalue weighted by Crippen LogP contribution is -2.29. The van der Waals surface area contributed by atoms with Gasteiger partial charge in [0, 0.05) is 12.2 Å². The number of urea groups is 1. The highest BCUT2D eigenvalue weighted by Gasteiger charge is 2.01. The van der Waals surface area contributed by atoms with Crippen LogP contribution in [-0.2, 0) is 0 Å². The maximum Gasteiger partial charge on any atom is 0.319 e. The number of hydrogen-bond donors (Lipinski definition) is 3. The molecule has 0 saturated carbocycles. The van der Waals surface area contributed by atoms with E-state index in [-0.39, 0.29) is 11.8 Å². The van der Waals surface area contributed by atoms with E-state index in [0.717, 1.165) is 6.42 Å². The number of carbonyl (C=O) groups excluding carboxylic acids is 1. The highest BCUT2D eigenvalue weighted by Crippen LogP contribution is 2.14. The van der Waals surface area contributed by atoms with Gasteiger partial charge in [-0.25, -0.2) is 4.79 Å². The molecule has 0 aromatic heterocycles. The Morgan fingerprint density at radius 1 is 0.690 bits per heavy atom. The van der Waals surface area contributed by atoms with Crippen LogP contribution in [0, 0.1) is 0 Å². The Morgan fingerprint density at radius 2 is 1.10 bits per heavy atom. The molecule has 0 atom stereocenters. The van der Waals surface area contributed by atoms with Crippen LogP contribution in [0.3, 0.4) is 0 Å². The molecule has 0 fully saturated rings. The Labute approximate surface area is 178 Å². The largest absolute Gasteiger partial charge is 0.508 e. The van der Waals surface area contributed by atoms with E-state index >= 15 is 0 Å². The van der Waals surface area contributed by atoms with E-state index in [1.807, 2.05) is 0 Å². The van der Waals surface area contributed by atoms with Gasteiger partial charge in [0.1, 0.15) is 5.75 Å². The maximum absolute atomic E-state index is 11.8. The minimum atomic E-state index is -0.184. The summed E-state index contributed by atoms with van der Waals surface area (Å²) in [6.07, 6.45) is 21.7. The number of amides is 2. The van der Waals surface area contributed by atoms with Gasteiger partial charge in [-0.3, -0.25) is 0 Å². The summed E-state index contributed by atoms with van der Waals surface area (Å²) in [6.45, 7) is 2.99. The molecular weight excluding hydrogens is 360 g/mol. The molecule has 4 heteroatoms. The molecule has 0 radical (unpaired) electrons. The number of rotatable bonds is 18. The number of hydrogen-bond acceptors (Lipinski definition) is 2. The Bertz CT molecular complexity index is 502. The Morgan fingerprint density at radius 3 is 1.55 bits per heavy atom. The van der Waals surface area contributed by atoms with Crippen molar-refractivity contribution < 1.29 is 9.90 Å². The van der Waals surface area contributed by atoms with Crippen LogP contribution in [0.1, 0.15) is 110 Å². The quantitative estimate of drug-likeness (QED) is 0.173. The molecule has 1 aromatic carbocycles. The van der Waals surface area contributed by atoms with Crippen LogP contribution in [0.15, 0.2) is 24.3 Å². The molecule has 0 aliphatic carbocycles. The number of unbranched alkanes of at least 4 members (excludes halogenated alkanes) is 15. The van der Waals surface area contributed by atoms with Crippen LogP contribution < -0.4 is 10.6 Å². The monoisotopic (exact) mass is 404 g/mol. The lowest BCUT2D eigenvalue weighted by Gasteiger charge is -2.07. The van der Waals surface area contributed by atoms with Crippen molar-refractivity contribution in [2.45, 2.75) is 110 Å². The third-order valence-electron chi connectivity index (χ3n) is 5.44. The fourth-order valence-electron chi connectivity index (χ4n) is 3.60. The number of aromatic hydroxyl groups is 1. The number of phenolic OH excluding ortho intramolecular Hbond substituents is 1. The number of anilines is 1. The van der Waals surface area contributed by atoms with Crippen LogP contribution in [0.2, 0.25) is 0 Å². The highest BCUT2D eigenvalue weighted by molar-refractivity contribution is 5.89. The molecule has 0 heterocycles. The van der Waals surface area contributed by atoms with Crippen LogP contribution in [-0.4, -0.2) is 17.7 Å². The molecule has 0 saturated heterocycles. The molecule has 0 aliphatic rings. The first-order valence-electron chi connectivity index (χ1n) is 12.1. The molecule has 1 aromatic rings. The minimum Gasteiger partial charge on any atom is -0.508 e. The van der Waals surface area contributed by atoms with Gasteiger partial charge in [0.05, 0.1) is 0 Å². The van der Waals surface area contributed by atoms with E-state index in [1.54, 1.807) is 24.3 Å². The Kier molecular flexibility index (Phi) is 16.0. The summed E-state index contributed by atoms with van der Waals surface area (Å²) in [5.74, 6) is 0.198. The van der Waals surface area contributed by atoms with E-state index in [0.29, 0.717) is 12.2 Å². The minimum absolute atomic E-state index is 0.184. The van der Waals surface area contributed by atoms with Gasteiger partial charge in [-0.05, 0) is 30.7 Å². The lowest BCUT2D eigenvalue weighted by atomic mass is 10.0. The van der Waals surface area contributed by atoms with E-state index < -0.39 is 0 Å². The number of carbonyl (C=O) groups is 1. The average Bonchev–Trinajstić information content (AvgIpc) is 2.72. The van der Waals surface area contributed by atoms with Crippen LogP contribution in [0.25, 0.3) is 0 Å². The second-order valence-electron chi connectivity index (χ2n) is 8.23. The predicted octanol–water partition coefficient (Wildman–Crippen LogP) is 7.78. The zero-order valence-corrected chi connectivity index (χ0v) is 18.7. The molecule has 0 spiro atoms. The van der Waals surface area contributed by atoms with Crippen LogP contribution in [0.5, 0.6) is 5.75 Å². The van der Waals surface area contributed by atoms with Crippen LogP contribution >= 0.6 is 0 Å². The first-order chi connectivity index (χ1) is 14.2. The number of phenols is 1. The van der Waals surface area contributed by atoms with Gasteiger partial charge < -0.3 is 15.7 Å². The Hall–Kier alpha value is -1.71. The molecule has 1 rings (SSSR count). The smallest absolute Gasteiger partial charge is 0.319 e. The van der Waals surface area contributed by atoms with E-state index in [2.05, 4.69) is 17.6 Å². The van der Waals surface area contributed by atoms with Gasteiger partial charge in [-0.2, -0.15) is 0 Å². The maximum atomic E-state index is 11.8. The van der Waals surface area contributed by atoms with Crippen molar-refractivity contribution in [3.63, 3.8) is 0 Å². The van der Waals surface area contributed by atoms with Gasteiger partial charge in [-0.1, -0.05) is 103 Å². The van der Waals surface area contributed by atoms with Crippen molar-refractivity contribution in [1.29, 1.82) is 0 Å². The van der Waals surface area contributed by atoms with E-state index in [1.165, 1.54) is 96.3 Å². The van der Waals surface area contributed by atoms with Gasteiger partial charge in [0.15, 0.2) is 0 Å². The molecular formula is C25H44N2O2. The Balaban J connectivity index is 1.77. The molecule has 4 nitrogen and oxygen atoms in total. The zero-order valence-electron chi connectivity index (χ0n) is 18.7. The summed E-state index contributed by atoms with van der Waals surface area (Å²) in [4.78, 5) is 11.8. The zero-order chi connectivity index (χ0) is 21.0. The lowest BCUT2D eigenvalue weighted by molar-refractivity contribution is 0.252. The highest BCUT2D eigenvalue weighted by atomic mass is 16.3. The van der Waals surface area contributed by atoms with Gasteiger partial charge >= 0.3 is 6.03 Å². The molecule has 166 valence electrons. The summed E-state index contributed by atoms with van der Waals surface area (Å²) < 4.78 is 0. The van der Waals surface area contributed by atoms with E-state index in [4.69, 9.17) is 0 Å². The number of nitrogens with one attached hydrogen (secondary N) is 2. The normalized spacial score (nSPS) is 10.8. The van der Waals surface area contributed by atoms with Crippen molar-refractivity contribution in [2.24, 2.45) is 0 Å². The summed E-state index contributed by atoms with van der Waals surface area (Å²) >= 11 is 0. The second kappa shape index (κ2) is 18.3. The first kappa shape index (κ1) is 25.3. The molecule has 0 bridgehead atoms. The second-order valence-corrected chi connectivity index (χ2v) is 8.23. The van der Waals surface area contributed by atoms with Gasteiger partial charge in [0.25, 0.3) is 0 Å². The van der Waals surface area contributed by atoms with Crippen molar-refractivity contribution in [1.82, 2.24) is 5.32 Å². The summed E-state index contributed by atoms with van der Waals surface area (Å²) in [7, 11) is 0. The molecule has 0 aliphatic heterocycles. The topological polar surface area (TPSA) is 61.4 Å². The summed E-state index contributed by atoms with van der Waals surface area (Å²) in [5, 5.41) is 14.9. The van der Waals surface area contributed by atoms with Crippen molar-refractivity contribution in [3.8, 4) is 5.75 Å². The van der Waals surface area contributed by atoms with E-state index in [9.17, 15) is 9.90 Å². The standard InChI is InChI=1S/C25H44N2O2/c1-2-3-4-5-6-7-8-9-10-11-12-13-14-15-16-17-22-26-25(29)27-23-18-20-24(28)21-19-23/h18-21,28H,2-17,22H2,1H3,(H2,26,27,29). The van der Waals surface area contributed by atoms with Crippen molar-refractivity contribution >= 4 is 11.7 Å². The van der Waals surface area contributed by atoms with Gasteiger partial charge in [0.2, 0.25) is 0 Å². The molecule has 29 heavy (non-hydrogen) atoms. The third-order valence-corrected chi connectivity index (χ3v) is 5.44. The van der Waals surface area contributed by atoms with Crippen molar-refractivity contribution in [3.05, 3.63) is 24.3 Å². The fraction of sp³-hybridized carbons (Fsp3) is 0.720. The third kappa shape index (κ3) is 15.8. The summed E-state index contributed by atoms with van der Waals surface area (Å²) in [5.41, 5.74) is 0.687. The molecule has 3 N–H and O–H groups in total.